The van der Waals surface area contributed by atoms with Crippen LogP contribution >= 0.6 is 24.0 Å². The molecule has 1 amide bonds. The van der Waals surface area contributed by atoms with Crippen LogP contribution in [0, 0.1) is 5.82 Å². The van der Waals surface area contributed by atoms with Crippen molar-refractivity contribution >= 4 is 35.6 Å². The van der Waals surface area contributed by atoms with E-state index in [-0.39, 0.29) is 36.7 Å². The molecule has 2 N–H and O–H groups in total. The number of nitrogens with zero attached hydrogens (tertiary/aromatic N) is 1. The minimum atomic E-state index is -0.325. The Morgan fingerprint density at radius 1 is 1.24 bits per heavy atom. The highest BCUT2D eigenvalue weighted by Crippen LogP contribution is 2.28. The molecule has 1 aliphatic heterocycles. The maximum Gasteiger partial charge on any atom is 0.238 e. The zero-order chi connectivity index (χ0) is 16.9. The second kappa shape index (κ2) is 9.15. The van der Waals surface area contributed by atoms with E-state index in [9.17, 15) is 9.18 Å². The third-order valence-corrected chi connectivity index (χ3v) is 4.44. The Bertz CT molecular complexity index is 712. The summed E-state index contributed by atoms with van der Waals surface area (Å²) >= 11 is 6.31. The van der Waals surface area contributed by atoms with Crippen LogP contribution in [0.4, 0.5) is 10.1 Å². The predicted octanol–water partition coefficient (Wildman–Crippen LogP) is 3.49. The zero-order valence-electron chi connectivity index (χ0n) is 13.5. The Morgan fingerprint density at radius 2 is 1.96 bits per heavy atom. The van der Waals surface area contributed by atoms with Crippen molar-refractivity contribution in [3.8, 4) is 0 Å². The molecule has 1 saturated heterocycles. The molecule has 2 aromatic rings. The van der Waals surface area contributed by atoms with Gasteiger partial charge in [0.15, 0.2) is 0 Å². The summed E-state index contributed by atoms with van der Waals surface area (Å²) < 4.78 is 12.9. The highest BCUT2D eigenvalue weighted by Gasteiger charge is 2.26. The van der Waals surface area contributed by atoms with E-state index in [4.69, 9.17) is 11.6 Å². The highest BCUT2D eigenvalue weighted by atomic mass is 35.5. The van der Waals surface area contributed by atoms with Crippen LogP contribution in [0.2, 0.25) is 5.02 Å². The maximum absolute atomic E-state index is 12.9. The molecule has 2 aromatic carbocycles. The van der Waals surface area contributed by atoms with Crippen molar-refractivity contribution in [2.45, 2.75) is 6.04 Å². The SMILES string of the molecule is Cl.O=C(CN1CCNCC1c1ccccc1Cl)Nc1ccc(F)cc1. The fourth-order valence-electron chi connectivity index (χ4n) is 2.91. The lowest BCUT2D eigenvalue weighted by Gasteiger charge is -2.36. The summed E-state index contributed by atoms with van der Waals surface area (Å²) in [4.78, 5) is 14.4. The fraction of sp³-hybridized carbons (Fsp3) is 0.278. The molecule has 1 fully saturated rings. The lowest BCUT2D eigenvalue weighted by Crippen LogP contribution is -2.48. The number of carbonyl (C=O) groups is 1. The largest absolute Gasteiger partial charge is 0.325 e. The van der Waals surface area contributed by atoms with Gasteiger partial charge in [0, 0.05) is 36.4 Å². The standard InChI is InChI=1S/C18H19ClFN3O.ClH/c19-16-4-2-1-3-15(16)17-11-21-9-10-23(17)12-18(24)22-14-7-5-13(20)6-8-14;/h1-8,17,21H,9-12H2,(H,22,24);1H. The average Bonchev–Trinajstić information content (AvgIpc) is 2.58. The maximum atomic E-state index is 12.9. The van der Waals surface area contributed by atoms with Crippen LogP contribution in [-0.2, 0) is 4.79 Å². The van der Waals surface area contributed by atoms with E-state index in [1.54, 1.807) is 12.1 Å². The van der Waals surface area contributed by atoms with Crippen LogP contribution in [0.1, 0.15) is 11.6 Å². The van der Waals surface area contributed by atoms with E-state index in [0.29, 0.717) is 10.7 Å². The molecule has 0 saturated carbocycles. The van der Waals surface area contributed by atoms with E-state index in [1.165, 1.54) is 12.1 Å². The van der Waals surface area contributed by atoms with Crippen LogP contribution in [0.5, 0.6) is 0 Å². The Hall–Kier alpha value is -1.66. The van der Waals surface area contributed by atoms with Gasteiger partial charge < -0.3 is 10.6 Å². The van der Waals surface area contributed by atoms with Crippen molar-refractivity contribution in [1.82, 2.24) is 10.2 Å². The molecular formula is C18H20Cl2FN3O. The molecular weight excluding hydrogens is 364 g/mol. The van der Waals surface area contributed by atoms with Gasteiger partial charge in [0.05, 0.1) is 6.54 Å². The smallest absolute Gasteiger partial charge is 0.238 e. The molecule has 1 unspecified atom stereocenters. The van der Waals surface area contributed by atoms with Gasteiger partial charge in [-0.3, -0.25) is 9.69 Å². The van der Waals surface area contributed by atoms with Gasteiger partial charge in [-0.1, -0.05) is 29.8 Å². The second-order valence-corrected chi connectivity index (χ2v) is 6.17. The number of hydrogen-bond donors (Lipinski definition) is 2. The number of hydrogen-bond acceptors (Lipinski definition) is 3. The molecule has 1 aliphatic rings. The number of anilines is 1. The van der Waals surface area contributed by atoms with Crippen LogP contribution in [-0.4, -0.2) is 37.0 Å². The molecule has 7 heteroatoms. The van der Waals surface area contributed by atoms with E-state index < -0.39 is 0 Å². The fourth-order valence-corrected chi connectivity index (χ4v) is 3.17. The Balaban J connectivity index is 0.00000225. The second-order valence-electron chi connectivity index (χ2n) is 5.77. The molecule has 0 radical (unpaired) electrons. The molecule has 1 atom stereocenters. The van der Waals surface area contributed by atoms with Crippen molar-refractivity contribution < 1.29 is 9.18 Å². The lowest BCUT2D eigenvalue weighted by atomic mass is 10.0. The van der Waals surface area contributed by atoms with E-state index in [1.807, 2.05) is 24.3 Å². The van der Waals surface area contributed by atoms with E-state index >= 15 is 0 Å². The summed E-state index contributed by atoms with van der Waals surface area (Å²) in [5.41, 5.74) is 1.60. The van der Waals surface area contributed by atoms with Gasteiger partial charge in [-0.2, -0.15) is 0 Å². The topological polar surface area (TPSA) is 44.4 Å². The van der Waals surface area contributed by atoms with Crippen LogP contribution < -0.4 is 10.6 Å². The summed E-state index contributed by atoms with van der Waals surface area (Å²) in [6, 6.07) is 13.5. The van der Waals surface area contributed by atoms with Crippen molar-refractivity contribution in [2.24, 2.45) is 0 Å². The first-order chi connectivity index (χ1) is 11.6. The van der Waals surface area contributed by atoms with Gasteiger partial charge in [0.1, 0.15) is 5.82 Å². The summed E-state index contributed by atoms with van der Waals surface area (Å²) in [7, 11) is 0. The van der Waals surface area contributed by atoms with E-state index in [2.05, 4.69) is 15.5 Å². The van der Waals surface area contributed by atoms with Crippen LogP contribution in [0.3, 0.4) is 0 Å². The summed E-state index contributed by atoms with van der Waals surface area (Å²) in [5.74, 6) is -0.450. The monoisotopic (exact) mass is 383 g/mol. The molecule has 1 heterocycles. The molecule has 0 aromatic heterocycles. The minimum absolute atomic E-state index is 0. The zero-order valence-corrected chi connectivity index (χ0v) is 15.1. The van der Waals surface area contributed by atoms with Crippen LogP contribution in [0.25, 0.3) is 0 Å². The molecule has 0 bridgehead atoms. The molecule has 0 spiro atoms. The first-order valence-electron chi connectivity index (χ1n) is 7.88. The van der Waals surface area contributed by atoms with Gasteiger partial charge in [-0.25, -0.2) is 4.39 Å². The van der Waals surface area contributed by atoms with Crippen molar-refractivity contribution in [3.63, 3.8) is 0 Å². The first-order valence-corrected chi connectivity index (χ1v) is 8.26. The molecule has 3 rings (SSSR count). The van der Waals surface area contributed by atoms with Gasteiger partial charge in [-0.15, -0.1) is 12.4 Å². The lowest BCUT2D eigenvalue weighted by molar-refractivity contribution is -0.118. The third-order valence-electron chi connectivity index (χ3n) is 4.09. The van der Waals surface area contributed by atoms with Gasteiger partial charge >= 0.3 is 0 Å². The number of nitrogens with one attached hydrogen (secondary N) is 2. The highest BCUT2D eigenvalue weighted by molar-refractivity contribution is 6.31. The molecule has 134 valence electrons. The quantitative estimate of drug-likeness (QED) is 0.849. The first kappa shape index (κ1) is 19.7. The summed E-state index contributed by atoms with van der Waals surface area (Å²) in [5, 5.41) is 6.85. The van der Waals surface area contributed by atoms with Gasteiger partial charge in [0.2, 0.25) is 5.91 Å². The predicted molar refractivity (Wildman–Crippen MR) is 101 cm³/mol. The van der Waals surface area contributed by atoms with Crippen molar-refractivity contribution in [2.75, 3.05) is 31.5 Å². The van der Waals surface area contributed by atoms with E-state index in [0.717, 1.165) is 25.2 Å². The van der Waals surface area contributed by atoms with Crippen LogP contribution in [0.15, 0.2) is 48.5 Å². The van der Waals surface area contributed by atoms with Crippen molar-refractivity contribution in [3.05, 3.63) is 64.9 Å². The number of rotatable bonds is 4. The number of carbonyl (C=O) groups excluding carboxylic acids is 1. The molecule has 0 aliphatic carbocycles. The molecule has 25 heavy (non-hydrogen) atoms. The summed E-state index contributed by atoms with van der Waals surface area (Å²) in [6.45, 7) is 2.58. The number of halogens is 3. The third kappa shape index (κ3) is 5.16. The number of amides is 1. The molecule has 4 nitrogen and oxygen atoms in total. The van der Waals surface area contributed by atoms with Gasteiger partial charge in [0.25, 0.3) is 0 Å². The van der Waals surface area contributed by atoms with Gasteiger partial charge in [-0.05, 0) is 35.9 Å². The Morgan fingerprint density at radius 3 is 2.68 bits per heavy atom. The number of piperazine rings is 1. The normalized spacial score (nSPS) is 17.6. The number of benzene rings is 2. The minimum Gasteiger partial charge on any atom is -0.325 e. The summed E-state index contributed by atoms with van der Waals surface area (Å²) in [6.07, 6.45) is 0. The van der Waals surface area contributed by atoms with Crippen molar-refractivity contribution in [1.29, 1.82) is 0 Å². The average molecular weight is 384 g/mol. The Kier molecular flexibility index (Phi) is 7.20. The Labute approximate surface area is 157 Å².